The van der Waals surface area contributed by atoms with Crippen LogP contribution in [-0.2, 0) is 0 Å². The van der Waals surface area contributed by atoms with Crippen LogP contribution < -0.4 is 5.32 Å². The van der Waals surface area contributed by atoms with Gasteiger partial charge in [0.25, 0.3) is 0 Å². The Kier molecular flexibility index (Phi) is 4.38. The third-order valence-corrected chi connectivity index (χ3v) is 5.63. The Labute approximate surface area is 166 Å². The van der Waals surface area contributed by atoms with Gasteiger partial charge in [0.1, 0.15) is 16.6 Å². The van der Waals surface area contributed by atoms with Crippen LogP contribution in [0.1, 0.15) is 48.1 Å². The van der Waals surface area contributed by atoms with Crippen molar-refractivity contribution in [1.29, 1.82) is 5.26 Å². The van der Waals surface area contributed by atoms with Gasteiger partial charge in [-0.2, -0.15) is 5.26 Å². The van der Waals surface area contributed by atoms with Crippen molar-refractivity contribution in [2.24, 2.45) is 0 Å². The Bertz CT molecular complexity index is 1210. The quantitative estimate of drug-likeness (QED) is 0.525. The molecule has 0 atom stereocenters. The van der Waals surface area contributed by atoms with Gasteiger partial charge in [0, 0.05) is 34.0 Å². The van der Waals surface area contributed by atoms with Gasteiger partial charge in [0.15, 0.2) is 11.6 Å². The normalized spacial score (nSPS) is 13.0. The molecule has 4 rings (SSSR count). The molecular formula is C22H15N3O2S. The Balaban J connectivity index is 1.82. The van der Waals surface area contributed by atoms with Gasteiger partial charge in [-0.25, -0.2) is 4.98 Å². The SMILES string of the molecule is Cc1csc(/C(C#N)=C/Nc2c(C)ccc3c2C(=O)c2ccccc2C3=O)n1. The van der Waals surface area contributed by atoms with E-state index in [1.165, 1.54) is 11.3 Å². The van der Waals surface area contributed by atoms with E-state index in [1.807, 2.05) is 19.2 Å². The molecule has 5 nitrogen and oxygen atoms in total. The lowest BCUT2D eigenvalue weighted by Crippen LogP contribution is -2.22. The Hall–Kier alpha value is -3.56. The van der Waals surface area contributed by atoms with E-state index in [2.05, 4.69) is 16.4 Å². The topological polar surface area (TPSA) is 82.9 Å². The predicted molar refractivity (Wildman–Crippen MR) is 109 cm³/mol. The minimum atomic E-state index is -0.201. The predicted octanol–water partition coefficient (Wildman–Crippen LogP) is 4.51. The van der Waals surface area contributed by atoms with Gasteiger partial charge in [-0.3, -0.25) is 9.59 Å². The number of thiazole rings is 1. The second kappa shape index (κ2) is 6.87. The lowest BCUT2D eigenvalue weighted by Gasteiger charge is -2.21. The van der Waals surface area contributed by atoms with E-state index in [-0.39, 0.29) is 11.6 Å². The summed E-state index contributed by atoms with van der Waals surface area (Å²) in [5.74, 6) is -0.373. The summed E-state index contributed by atoms with van der Waals surface area (Å²) in [6.07, 6.45) is 1.54. The fourth-order valence-corrected chi connectivity index (χ4v) is 4.00. The van der Waals surface area contributed by atoms with Gasteiger partial charge in [-0.1, -0.05) is 30.3 Å². The molecule has 0 aliphatic heterocycles. The van der Waals surface area contributed by atoms with Crippen molar-refractivity contribution in [2.75, 3.05) is 5.32 Å². The van der Waals surface area contributed by atoms with Gasteiger partial charge < -0.3 is 5.32 Å². The summed E-state index contributed by atoms with van der Waals surface area (Å²) in [4.78, 5) is 30.3. The third kappa shape index (κ3) is 2.82. The van der Waals surface area contributed by atoms with Crippen molar-refractivity contribution in [3.8, 4) is 6.07 Å². The largest absolute Gasteiger partial charge is 0.359 e. The highest BCUT2D eigenvalue weighted by Gasteiger charge is 2.32. The van der Waals surface area contributed by atoms with E-state index >= 15 is 0 Å². The fourth-order valence-electron chi connectivity index (χ4n) is 3.24. The fraction of sp³-hybridized carbons (Fsp3) is 0.0909. The summed E-state index contributed by atoms with van der Waals surface area (Å²) in [5, 5.41) is 15.0. The van der Waals surface area contributed by atoms with E-state index in [1.54, 1.807) is 42.6 Å². The molecule has 0 spiro atoms. The van der Waals surface area contributed by atoms with Crippen LogP contribution in [0, 0.1) is 25.2 Å². The smallest absolute Gasteiger partial charge is 0.196 e. The number of anilines is 1. The number of carbonyl (C=O) groups excluding carboxylic acids is 2. The zero-order valence-electron chi connectivity index (χ0n) is 15.2. The maximum Gasteiger partial charge on any atom is 0.196 e. The number of ketones is 2. The van der Waals surface area contributed by atoms with E-state index in [9.17, 15) is 14.9 Å². The number of nitrogens with zero attached hydrogens (tertiary/aromatic N) is 2. The molecule has 1 N–H and O–H groups in total. The Morgan fingerprint density at radius 3 is 2.43 bits per heavy atom. The summed E-state index contributed by atoms with van der Waals surface area (Å²) in [5.41, 5.74) is 4.07. The summed E-state index contributed by atoms with van der Waals surface area (Å²) < 4.78 is 0. The molecule has 1 aliphatic rings. The first-order valence-electron chi connectivity index (χ1n) is 8.62. The summed E-state index contributed by atoms with van der Waals surface area (Å²) >= 11 is 1.38. The molecule has 6 heteroatoms. The van der Waals surface area contributed by atoms with E-state index < -0.39 is 0 Å². The average Bonchev–Trinajstić information content (AvgIpc) is 3.13. The number of benzene rings is 2. The van der Waals surface area contributed by atoms with Crippen molar-refractivity contribution in [2.45, 2.75) is 13.8 Å². The molecule has 1 aliphatic carbocycles. The first kappa shape index (κ1) is 17.8. The number of nitriles is 1. The lowest BCUT2D eigenvalue weighted by molar-refractivity contribution is 0.0979. The number of rotatable bonds is 3. The number of allylic oxidation sites excluding steroid dienone is 1. The van der Waals surface area contributed by atoms with Gasteiger partial charge in [-0.15, -0.1) is 11.3 Å². The molecule has 0 saturated carbocycles. The van der Waals surface area contributed by atoms with Crippen LogP contribution in [-0.4, -0.2) is 16.6 Å². The zero-order chi connectivity index (χ0) is 19.8. The number of nitrogens with one attached hydrogen (secondary N) is 1. The molecule has 0 saturated heterocycles. The number of aromatic nitrogens is 1. The highest BCUT2D eigenvalue weighted by molar-refractivity contribution is 7.10. The molecule has 28 heavy (non-hydrogen) atoms. The maximum absolute atomic E-state index is 13.1. The van der Waals surface area contributed by atoms with Crippen molar-refractivity contribution < 1.29 is 9.59 Å². The van der Waals surface area contributed by atoms with Crippen LogP contribution in [0.4, 0.5) is 5.69 Å². The van der Waals surface area contributed by atoms with Crippen LogP contribution >= 0.6 is 11.3 Å². The monoisotopic (exact) mass is 385 g/mol. The van der Waals surface area contributed by atoms with Gasteiger partial charge in [-0.05, 0) is 25.5 Å². The van der Waals surface area contributed by atoms with E-state index in [0.29, 0.717) is 38.5 Å². The number of hydrogen-bond donors (Lipinski definition) is 1. The number of hydrogen-bond acceptors (Lipinski definition) is 6. The van der Waals surface area contributed by atoms with Crippen molar-refractivity contribution in [3.63, 3.8) is 0 Å². The lowest BCUT2D eigenvalue weighted by atomic mass is 9.82. The van der Waals surface area contributed by atoms with Crippen LogP contribution in [0.3, 0.4) is 0 Å². The maximum atomic E-state index is 13.1. The standard InChI is InChI=1S/C22H15N3O2S/c1-12-7-8-17-18(21(27)16-6-4-3-5-15(16)20(17)26)19(12)24-10-14(9-23)22-25-13(2)11-28-22/h3-8,10-11,24H,1-2H3/b14-10+. The van der Waals surface area contributed by atoms with E-state index in [0.717, 1.165) is 11.3 Å². The molecule has 0 unspecified atom stereocenters. The van der Waals surface area contributed by atoms with Crippen LogP contribution in [0.5, 0.6) is 0 Å². The summed E-state index contributed by atoms with van der Waals surface area (Å²) in [6, 6.07) is 12.5. The van der Waals surface area contributed by atoms with Crippen molar-refractivity contribution >= 4 is 34.2 Å². The zero-order valence-corrected chi connectivity index (χ0v) is 16.1. The number of fused-ring (bicyclic) bond motifs is 2. The average molecular weight is 385 g/mol. The number of aryl methyl sites for hydroxylation is 2. The van der Waals surface area contributed by atoms with E-state index in [4.69, 9.17) is 0 Å². The molecule has 1 aromatic heterocycles. The first-order chi connectivity index (χ1) is 13.5. The molecule has 3 aromatic rings. The van der Waals surface area contributed by atoms with Crippen LogP contribution in [0.15, 0.2) is 48.0 Å². The second-order valence-electron chi connectivity index (χ2n) is 6.49. The van der Waals surface area contributed by atoms with Gasteiger partial charge in [0.2, 0.25) is 0 Å². The van der Waals surface area contributed by atoms with Gasteiger partial charge >= 0.3 is 0 Å². The summed E-state index contributed by atoms with van der Waals surface area (Å²) in [7, 11) is 0. The molecule has 2 aromatic carbocycles. The summed E-state index contributed by atoms with van der Waals surface area (Å²) in [6.45, 7) is 3.72. The first-order valence-corrected chi connectivity index (χ1v) is 9.50. The molecule has 0 fully saturated rings. The Morgan fingerprint density at radius 2 is 1.79 bits per heavy atom. The van der Waals surface area contributed by atoms with Crippen molar-refractivity contribution in [3.05, 3.63) is 86.5 Å². The molecule has 136 valence electrons. The minimum Gasteiger partial charge on any atom is -0.359 e. The Morgan fingerprint density at radius 1 is 1.07 bits per heavy atom. The van der Waals surface area contributed by atoms with Crippen molar-refractivity contribution in [1.82, 2.24) is 4.98 Å². The van der Waals surface area contributed by atoms with Crippen LogP contribution in [0.2, 0.25) is 0 Å². The van der Waals surface area contributed by atoms with Crippen LogP contribution in [0.25, 0.3) is 5.57 Å². The minimum absolute atomic E-state index is 0.173. The third-order valence-electron chi connectivity index (χ3n) is 4.63. The molecule has 0 radical (unpaired) electrons. The molecule has 0 amide bonds. The highest BCUT2D eigenvalue weighted by atomic mass is 32.1. The highest BCUT2D eigenvalue weighted by Crippen LogP contribution is 2.34. The van der Waals surface area contributed by atoms with Gasteiger partial charge in [0.05, 0.1) is 11.3 Å². The molecule has 0 bridgehead atoms. The second-order valence-corrected chi connectivity index (χ2v) is 7.35. The number of carbonyl (C=O) groups is 2. The molecule has 1 heterocycles. The molecular weight excluding hydrogens is 370 g/mol.